The molecule has 1 heterocycles. The Balaban J connectivity index is 2.17. The quantitative estimate of drug-likeness (QED) is 0.813. The normalized spacial score (nSPS) is 10.6. The molecule has 3 heteroatoms. The summed E-state index contributed by atoms with van der Waals surface area (Å²) in [6, 6.07) is 10.8. The van der Waals surface area contributed by atoms with Crippen LogP contribution < -0.4 is 5.32 Å². The summed E-state index contributed by atoms with van der Waals surface area (Å²) < 4.78 is 5.08. The van der Waals surface area contributed by atoms with Crippen molar-refractivity contribution in [1.29, 1.82) is 0 Å². The molecule has 1 N–H and O–H groups in total. The van der Waals surface area contributed by atoms with Crippen molar-refractivity contribution in [3.05, 3.63) is 47.8 Å². The summed E-state index contributed by atoms with van der Waals surface area (Å²) in [5, 5.41) is 3.23. The molecule has 0 atom stereocenters. The van der Waals surface area contributed by atoms with E-state index in [0.29, 0.717) is 0 Å². The maximum Gasteiger partial charge on any atom is 0.0465 e. The van der Waals surface area contributed by atoms with Gasteiger partial charge in [-0.05, 0) is 37.0 Å². The molecule has 0 saturated carbocycles. The average Bonchev–Trinajstić information content (AvgIpc) is 2.48. The maximum absolute atomic E-state index is 5.08. The Hall–Kier alpha value is -1.87. The van der Waals surface area contributed by atoms with E-state index in [1.807, 2.05) is 20.2 Å². The van der Waals surface area contributed by atoms with E-state index < -0.39 is 0 Å². The van der Waals surface area contributed by atoms with Crippen LogP contribution in [0.3, 0.4) is 0 Å². The predicted octanol–water partition coefficient (Wildman–Crippen LogP) is 3.68. The first-order valence-corrected chi connectivity index (χ1v) is 6.97. The fraction of sp³-hybridized carbons (Fsp3) is 0.353. The zero-order valence-electron chi connectivity index (χ0n) is 12.4. The van der Waals surface area contributed by atoms with Crippen molar-refractivity contribution in [2.75, 3.05) is 26.1 Å². The molecular weight excluding hydrogens is 248 g/mol. The third-order valence-corrected chi connectivity index (χ3v) is 3.39. The number of pyridine rings is 1. The lowest BCUT2D eigenvalue weighted by Gasteiger charge is -2.10. The largest absolute Gasteiger partial charge is 0.388 e. The van der Waals surface area contributed by atoms with E-state index in [0.717, 1.165) is 36.4 Å². The number of hydrogen-bond donors (Lipinski definition) is 1. The van der Waals surface area contributed by atoms with Crippen LogP contribution in [0.2, 0.25) is 0 Å². The molecule has 1 aromatic heterocycles. The van der Waals surface area contributed by atoms with Gasteiger partial charge in [0.1, 0.15) is 0 Å². The molecule has 0 unspecified atom stereocenters. The molecule has 0 aliphatic carbocycles. The van der Waals surface area contributed by atoms with Gasteiger partial charge in [0.05, 0.1) is 0 Å². The second-order valence-corrected chi connectivity index (χ2v) is 4.91. The summed E-state index contributed by atoms with van der Waals surface area (Å²) in [6.07, 6.45) is 4.05. The summed E-state index contributed by atoms with van der Waals surface area (Å²) in [4.78, 5) is 4.39. The molecule has 2 rings (SSSR count). The van der Waals surface area contributed by atoms with E-state index in [2.05, 4.69) is 40.6 Å². The number of nitrogens with one attached hydrogen (secondary N) is 1. The molecule has 0 saturated heterocycles. The number of hydrogen-bond acceptors (Lipinski definition) is 3. The van der Waals surface area contributed by atoms with E-state index >= 15 is 0 Å². The molecule has 0 fully saturated rings. The third-order valence-electron chi connectivity index (χ3n) is 3.39. The van der Waals surface area contributed by atoms with Crippen LogP contribution in [0.4, 0.5) is 5.69 Å². The van der Waals surface area contributed by atoms with Gasteiger partial charge < -0.3 is 10.1 Å². The summed E-state index contributed by atoms with van der Waals surface area (Å²) in [5.74, 6) is 0. The summed E-state index contributed by atoms with van der Waals surface area (Å²) >= 11 is 0. The van der Waals surface area contributed by atoms with Gasteiger partial charge in [0.2, 0.25) is 0 Å². The van der Waals surface area contributed by atoms with Crippen LogP contribution >= 0.6 is 0 Å². The number of aryl methyl sites for hydroxylation is 2. The molecule has 0 spiro atoms. The Morgan fingerprint density at radius 1 is 1.20 bits per heavy atom. The van der Waals surface area contributed by atoms with E-state index in [9.17, 15) is 0 Å². The van der Waals surface area contributed by atoms with Gasteiger partial charge in [-0.3, -0.25) is 4.98 Å². The standard InChI is InChI=1S/C17H22N2O/c1-13-11-17(18-2)16(12-19-13)15-8-6-14(7-9-15)5-4-10-20-3/h6-9,11-12H,4-5,10H2,1-3H3,(H,18,19). The third kappa shape index (κ3) is 3.58. The minimum Gasteiger partial charge on any atom is -0.388 e. The van der Waals surface area contributed by atoms with Gasteiger partial charge in [0, 0.05) is 43.9 Å². The topological polar surface area (TPSA) is 34.2 Å². The van der Waals surface area contributed by atoms with Crippen molar-refractivity contribution in [1.82, 2.24) is 4.98 Å². The first-order valence-electron chi connectivity index (χ1n) is 6.97. The molecule has 0 bridgehead atoms. The zero-order chi connectivity index (χ0) is 14.4. The number of nitrogens with zero attached hydrogens (tertiary/aromatic N) is 1. The molecule has 0 radical (unpaired) electrons. The number of anilines is 1. The summed E-state index contributed by atoms with van der Waals surface area (Å²) in [5.41, 5.74) is 5.81. The molecule has 106 valence electrons. The summed E-state index contributed by atoms with van der Waals surface area (Å²) in [7, 11) is 3.68. The van der Waals surface area contributed by atoms with Crippen molar-refractivity contribution in [3.8, 4) is 11.1 Å². The van der Waals surface area contributed by atoms with Crippen LogP contribution in [-0.4, -0.2) is 25.7 Å². The molecule has 2 aromatic rings. The van der Waals surface area contributed by atoms with Gasteiger partial charge in [-0.15, -0.1) is 0 Å². The van der Waals surface area contributed by atoms with Gasteiger partial charge in [-0.1, -0.05) is 24.3 Å². The van der Waals surface area contributed by atoms with Crippen LogP contribution in [0.15, 0.2) is 36.5 Å². The van der Waals surface area contributed by atoms with Gasteiger partial charge in [-0.2, -0.15) is 0 Å². The Kier molecular flexibility index (Phi) is 5.13. The Bertz CT molecular complexity index is 549. The SMILES string of the molecule is CNc1cc(C)ncc1-c1ccc(CCCOC)cc1. The minimum atomic E-state index is 0.813. The molecule has 1 aromatic carbocycles. The predicted molar refractivity (Wildman–Crippen MR) is 84.2 cm³/mol. The van der Waals surface area contributed by atoms with Crippen LogP contribution in [0.5, 0.6) is 0 Å². The fourth-order valence-corrected chi connectivity index (χ4v) is 2.27. The van der Waals surface area contributed by atoms with Gasteiger partial charge in [0.15, 0.2) is 0 Å². The van der Waals surface area contributed by atoms with Crippen molar-refractivity contribution < 1.29 is 4.74 Å². The Morgan fingerprint density at radius 2 is 1.95 bits per heavy atom. The molecular formula is C17H22N2O. The highest BCUT2D eigenvalue weighted by atomic mass is 16.5. The molecule has 0 amide bonds. The Labute approximate surface area is 121 Å². The van der Waals surface area contributed by atoms with E-state index in [4.69, 9.17) is 4.74 Å². The Morgan fingerprint density at radius 3 is 2.60 bits per heavy atom. The lowest BCUT2D eigenvalue weighted by atomic mass is 10.0. The van der Waals surface area contributed by atoms with Gasteiger partial charge in [0.25, 0.3) is 0 Å². The number of benzene rings is 1. The van der Waals surface area contributed by atoms with Crippen LogP contribution in [-0.2, 0) is 11.2 Å². The average molecular weight is 270 g/mol. The van der Waals surface area contributed by atoms with Gasteiger partial charge in [-0.25, -0.2) is 0 Å². The highest BCUT2D eigenvalue weighted by molar-refractivity contribution is 5.77. The first kappa shape index (κ1) is 14.5. The van der Waals surface area contributed by atoms with E-state index in [1.54, 1.807) is 7.11 Å². The minimum absolute atomic E-state index is 0.813. The molecule has 20 heavy (non-hydrogen) atoms. The summed E-state index contributed by atoms with van der Waals surface area (Å²) in [6.45, 7) is 2.82. The molecule has 3 nitrogen and oxygen atoms in total. The number of rotatable bonds is 6. The van der Waals surface area contributed by atoms with Crippen LogP contribution in [0.25, 0.3) is 11.1 Å². The highest BCUT2D eigenvalue weighted by Crippen LogP contribution is 2.27. The first-order chi connectivity index (χ1) is 9.74. The van der Waals surface area contributed by atoms with Crippen molar-refractivity contribution in [2.45, 2.75) is 19.8 Å². The van der Waals surface area contributed by atoms with Crippen molar-refractivity contribution >= 4 is 5.69 Å². The van der Waals surface area contributed by atoms with E-state index in [1.165, 1.54) is 11.1 Å². The van der Waals surface area contributed by atoms with E-state index in [-0.39, 0.29) is 0 Å². The molecule has 0 aliphatic rings. The van der Waals surface area contributed by atoms with Gasteiger partial charge >= 0.3 is 0 Å². The number of aromatic nitrogens is 1. The zero-order valence-corrected chi connectivity index (χ0v) is 12.4. The van der Waals surface area contributed by atoms with Crippen LogP contribution in [0.1, 0.15) is 17.7 Å². The lowest BCUT2D eigenvalue weighted by molar-refractivity contribution is 0.195. The monoisotopic (exact) mass is 270 g/mol. The fourth-order valence-electron chi connectivity index (χ4n) is 2.27. The highest BCUT2D eigenvalue weighted by Gasteiger charge is 2.05. The van der Waals surface area contributed by atoms with Crippen molar-refractivity contribution in [2.24, 2.45) is 0 Å². The second kappa shape index (κ2) is 7.06. The molecule has 0 aliphatic heterocycles. The lowest BCUT2D eigenvalue weighted by Crippen LogP contribution is -1.95. The number of methoxy groups -OCH3 is 1. The maximum atomic E-state index is 5.08. The smallest absolute Gasteiger partial charge is 0.0465 e. The number of ether oxygens (including phenoxy) is 1. The van der Waals surface area contributed by atoms with Crippen molar-refractivity contribution in [3.63, 3.8) is 0 Å². The van der Waals surface area contributed by atoms with Crippen LogP contribution in [0, 0.1) is 6.92 Å². The second-order valence-electron chi connectivity index (χ2n) is 4.91.